The van der Waals surface area contributed by atoms with Gasteiger partial charge in [-0.25, -0.2) is 0 Å². The summed E-state index contributed by atoms with van der Waals surface area (Å²) in [6.07, 6.45) is 0. The zero-order valence-electron chi connectivity index (χ0n) is 14.0. The van der Waals surface area contributed by atoms with Crippen molar-refractivity contribution in [3.05, 3.63) is 35.4 Å². The van der Waals surface area contributed by atoms with Crippen molar-refractivity contribution >= 4 is 0 Å². The fourth-order valence-corrected chi connectivity index (χ4v) is 1.99. The molecule has 1 N–H and O–H groups in total. The summed E-state index contributed by atoms with van der Waals surface area (Å²) in [5, 5.41) is 3.48. The van der Waals surface area contributed by atoms with Crippen LogP contribution in [0.25, 0.3) is 0 Å². The van der Waals surface area contributed by atoms with Crippen LogP contribution in [-0.4, -0.2) is 26.4 Å². The number of benzene rings is 1. The van der Waals surface area contributed by atoms with E-state index >= 15 is 0 Å². The highest BCUT2D eigenvalue weighted by Gasteiger charge is 2.02. The van der Waals surface area contributed by atoms with Crippen molar-refractivity contribution in [1.29, 1.82) is 0 Å². The second-order valence-electron chi connectivity index (χ2n) is 6.31. The van der Waals surface area contributed by atoms with Crippen LogP contribution in [0.4, 0.5) is 0 Å². The highest BCUT2D eigenvalue weighted by Crippen LogP contribution is 2.10. The molecule has 3 nitrogen and oxygen atoms in total. The standard InChI is InChI=1S/C18H31NO2/c1-15(2)11-19-12-17-7-5-6-8-18(17)14-21-10-9-20-13-16(3)4/h5-8,15-16,19H,9-14H2,1-4H3. The van der Waals surface area contributed by atoms with E-state index in [1.807, 2.05) is 0 Å². The minimum absolute atomic E-state index is 0.581. The Bertz CT molecular complexity index is 377. The normalized spacial score (nSPS) is 11.5. The molecule has 0 aromatic heterocycles. The van der Waals surface area contributed by atoms with Crippen molar-refractivity contribution < 1.29 is 9.47 Å². The molecule has 0 aliphatic carbocycles. The van der Waals surface area contributed by atoms with E-state index in [1.165, 1.54) is 11.1 Å². The molecule has 0 atom stereocenters. The van der Waals surface area contributed by atoms with Gasteiger partial charge in [0.1, 0.15) is 0 Å². The van der Waals surface area contributed by atoms with Gasteiger partial charge in [0.2, 0.25) is 0 Å². The number of nitrogens with one attached hydrogen (secondary N) is 1. The van der Waals surface area contributed by atoms with Gasteiger partial charge in [-0.2, -0.15) is 0 Å². The van der Waals surface area contributed by atoms with E-state index in [4.69, 9.17) is 9.47 Å². The topological polar surface area (TPSA) is 30.5 Å². The van der Waals surface area contributed by atoms with Crippen molar-refractivity contribution in [3.8, 4) is 0 Å². The third-order valence-electron chi connectivity index (χ3n) is 3.07. The average molecular weight is 293 g/mol. The molecular formula is C18H31NO2. The average Bonchev–Trinajstić information content (AvgIpc) is 2.43. The third kappa shape index (κ3) is 8.86. The van der Waals surface area contributed by atoms with Gasteiger partial charge in [0, 0.05) is 13.2 Å². The molecule has 0 radical (unpaired) electrons. The number of hydrogen-bond donors (Lipinski definition) is 1. The molecular weight excluding hydrogens is 262 g/mol. The molecule has 0 aliphatic rings. The molecule has 0 saturated heterocycles. The van der Waals surface area contributed by atoms with Gasteiger partial charge in [0.25, 0.3) is 0 Å². The Balaban J connectivity index is 2.27. The fraction of sp³-hybridized carbons (Fsp3) is 0.667. The lowest BCUT2D eigenvalue weighted by atomic mass is 10.1. The van der Waals surface area contributed by atoms with E-state index < -0.39 is 0 Å². The van der Waals surface area contributed by atoms with Crippen molar-refractivity contribution in [1.82, 2.24) is 5.32 Å². The minimum atomic E-state index is 0.581. The Morgan fingerprint density at radius 3 is 2.24 bits per heavy atom. The predicted molar refractivity (Wildman–Crippen MR) is 88.3 cm³/mol. The molecule has 1 rings (SSSR count). The van der Waals surface area contributed by atoms with Crippen LogP contribution in [0.5, 0.6) is 0 Å². The van der Waals surface area contributed by atoms with E-state index in [-0.39, 0.29) is 0 Å². The molecule has 0 aliphatic heterocycles. The molecule has 0 fully saturated rings. The van der Waals surface area contributed by atoms with Gasteiger partial charge in [-0.15, -0.1) is 0 Å². The van der Waals surface area contributed by atoms with Crippen LogP contribution >= 0.6 is 0 Å². The van der Waals surface area contributed by atoms with E-state index in [1.54, 1.807) is 0 Å². The van der Waals surface area contributed by atoms with E-state index in [9.17, 15) is 0 Å². The fourth-order valence-electron chi connectivity index (χ4n) is 1.99. The molecule has 120 valence electrons. The first kappa shape index (κ1) is 18.1. The summed E-state index contributed by atoms with van der Waals surface area (Å²) >= 11 is 0. The van der Waals surface area contributed by atoms with Crippen molar-refractivity contribution in [3.63, 3.8) is 0 Å². The zero-order valence-corrected chi connectivity index (χ0v) is 14.0. The lowest BCUT2D eigenvalue weighted by Crippen LogP contribution is -2.20. The molecule has 0 bridgehead atoms. The number of hydrogen-bond acceptors (Lipinski definition) is 3. The number of rotatable bonds is 11. The smallest absolute Gasteiger partial charge is 0.0721 e. The van der Waals surface area contributed by atoms with Gasteiger partial charge in [0.15, 0.2) is 0 Å². The van der Waals surface area contributed by atoms with Gasteiger partial charge in [-0.05, 0) is 29.5 Å². The summed E-state index contributed by atoms with van der Waals surface area (Å²) < 4.78 is 11.2. The van der Waals surface area contributed by atoms with Crippen molar-refractivity contribution in [2.24, 2.45) is 11.8 Å². The van der Waals surface area contributed by atoms with Crippen LogP contribution in [0.1, 0.15) is 38.8 Å². The lowest BCUT2D eigenvalue weighted by molar-refractivity contribution is 0.0312. The first-order chi connectivity index (χ1) is 10.1. The maximum Gasteiger partial charge on any atom is 0.0721 e. The van der Waals surface area contributed by atoms with E-state index in [0.29, 0.717) is 31.7 Å². The van der Waals surface area contributed by atoms with Crippen LogP contribution < -0.4 is 5.32 Å². The Kier molecular flexibility index (Phi) is 9.31. The Hall–Kier alpha value is -0.900. The predicted octanol–water partition coefficient (Wildman–Crippen LogP) is 3.62. The van der Waals surface area contributed by atoms with Crippen LogP contribution in [-0.2, 0) is 22.6 Å². The molecule has 3 heteroatoms. The Labute approximate surface area is 130 Å². The largest absolute Gasteiger partial charge is 0.379 e. The molecule has 21 heavy (non-hydrogen) atoms. The second kappa shape index (κ2) is 10.8. The van der Waals surface area contributed by atoms with Gasteiger partial charge < -0.3 is 14.8 Å². The van der Waals surface area contributed by atoms with Gasteiger partial charge >= 0.3 is 0 Å². The summed E-state index contributed by atoms with van der Waals surface area (Å²) in [5.74, 6) is 1.25. The summed E-state index contributed by atoms with van der Waals surface area (Å²) in [6.45, 7) is 13.5. The SMILES string of the molecule is CC(C)CNCc1ccccc1COCCOCC(C)C. The molecule has 0 amide bonds. The van der Waals surface area contributed by atoms with Gasteiger partial charge in [0.05, 0.1) is 19.8 Å². The quantitative estimate of drug-likeness (QED) is 0.632. The van der Waals surface area contributed by atoms with Gasteiger partial charge in [-0.3, -0.25) is 0 Å². The first-order valence-electron chi connectivity index (χ1n) is 8.02. The molecule has 0 saturated carbocycles. The van der Waals surface area contributed by atoms with Crippen molar-refractivity contribution in [2.75, 3.05) is 26.4 Å². The van der Waals surface area contributed by atoms with Crippen LogP contribution in [0.15, 0.2) is 24.3 Å². The van der Waals surface area contributed by atoms with Crippen LogP contribution in [0.3, 0.4) is 0 Å². The second-order valence-corrected chi connectivity index (χ2v) is 6.31. The highest BCUT2D eigenvalue weighted by molar-refractivity contribution is 5.26. The Morgan fingerprint density at radius 1 is 0.905 bits per heavy atom. The minimum Gasteiger partial charge on any atom is -0.379 e. The van der Waals surface area contributed by atoms with Crippen molar-refractivity contribution in [2.45, 2.75) is 40.8 Å². The highest BCUT2D eigenvalue weighted by atomic mass is 16.5. The maximum absolute atomic E-state index is 5.72. The summed E-state index contributed by atoms with van der Waals surface area (Å²) in [5.41, 5.74) is 2.58. The summed E-state index contributed by atoms with van der Waals surface area (Å²) in [6, 6.07) is 8.46. The molecule has 1 aromatic rings. The number of ether oxygens (including phenoxy) is 2. The Morgan fingerprint density at radius 2 is 1.57 bits per heavy atom. The summed E-state index contributed by atoms with van der Waals surface area (Å²) in [4.78, 5) is 0. The van der Waals surface area contributed by atoms with E-state index in [0.717, 1.165) is 19.7 Å². The van der Waals surface area contributed by atoms with Crippen LogP contribution in [0.2, 0.25) is 0 Å². The molecule has 0 heterocycles. The monoisotopic (exact) mass is 293 g/mol. The van der Waals surface area contributed by atoms with E-state index in [2.05, 4.69) is 57.3 Å². The zero-order chi connectivity index (χ0) is 15.5. The molecule has 0 spiro atoms. The summed E-state index contributed by atoms with van der Waals surface area (Å²) in [7, 11) is 0. The third-order valence-corrected chi connectivity index (χ3v) is 3.07. The molecule has 1 aromatic carbocycles. The lowest BCUT2D eigenvalue weighted by Gasteiger charge is -2.12. The van der Waals surface area contributed by atoms with Crippen LogP contribution in [0, 0.1) is 11.8 Å². The first-order valence-corrected chi connectivity index (χ1v) is 8.02. The maximum atomic E-state index is 5.72. The van der Waals surface area contributed by atoms with Gasteiger partial charge in [-0.1, -0.05) is 52.0 Å². The molecule has 0 unspecified atom stereocenters.